The fraction of sp³-hybridized carbons (Fsp3) is 0.636. The van der Waals surface area contributed by atoms with E-state index in [4.69, 9.17) is 9.26 Å². The molecule has 2 rings (SSSR count). The molecule has 1 N–H and O–H groups in total. The molecule has 162 valence electrons. The van der Waals surface area contributed by atoms with E-state index in [2.05, 4.69) is 0 Å². The maximum atomic E-state index is 13.4. The third kappa shape index (κ3) is 8.71. The monoisotopic (exact) mass is 424 g/mol. The number of aryl methyl sites for hydroxylation is 1. The number of carbonyl (C=O) groups is 2. The van der Waals surface area contributed by atoms with Crippen LogP contribution in [0.25, 0.3) is 0 Å². The van der Waals surface area contributed by atoms with Crippen molar-refractivity contribution in [1.82, 2.24) is 0 Å². The maximum absolute atomic E-state index is 13.4. The number of rotatable bonds is 12. The lowest BCUT2D eigenvalue weighted by Crippen LogP contribution is -2.31. The van der Waals surface area contributed by atoms with Crippen LogP contribution in [-0.2, 0) is 29.8 Å². The van der Waals surface area contributed by atoms with Crippen molar-refractivity contribution >= 4 is 19.3 Å². The number of aliphatic carboxylic acids is 1. The van der Waals surface area contributed by atoms with E-state index in [0.717, 1.165) is 44.9 Å². The number of benzene rings is 1. The van der Waals surface area contributed by atoms with E-state index in [9.17, 15) is 19.3 Å². The van der Waals surface area contributed by atoms with E-state index in [1.54, 1.807) is 6.92 Å². The summed E-state index contributed by atoms with van der Waals surface area (Å²) in [5.41, 5.74) is 1.19. The third-order valence-electron chi connectivity index (χ3n) is 5.30. The topological polar surface area (TPSA) is 89.9 Å². The first-order chi connectivity index (χ1) is 13.9. The number of hydrogen-bond acceptors (Lipinski definition) is 5. The predicted octanol–water partition coefficient (Wildman–Crippen LogP) is 5.25. The Hall–Kier alpha value is -1.65. The van der Waals surface area contributed by atoms with E-state index in [1.165, 1.54) is 5.56 Å². The molecule has 0 aliphatic heterocycles. The Balaban J connectivity index is 2.00. The zero-order valence-electron chi connectivity index (χ0n) is 17.3. The van der Waals surface area contributed by atoms with Crippen LogP contribution in [0.15, 0.2) is 30.3 Å². The van der Waals surface area contributed by atoms with Crippen molar-refractivity contribution in [2.75, 3.05) is 12.3 Å². The lowest BCUT2D eigenvalue weighted by atomic mass is 9.89. The highest BCUT2D eigenvalue weighted by Crippen LogP contribution is 2.50. The molecule has 1 aromatic carbocycles. The Morgan fingerprint density at radius 2 is 1.83 bits per heavy atom. The van der Waals surface area contributed by atoms with Crippen molar-refractivity contribution in [3.63, 3.8) is 0 Å². The smallest absolute Gasteiger partial charge is 0.313 e. The molecule has 0 amide bonds. The molecule has 6 nitrogen and oxygen atoms in total. The first-order valence-electron chi connectivity index (χ1n) is 10.6. The van der Waals surface area contributed by atoms with Gasteiger partial charge in [-0.15, -0.1) is 0 Å². The van der Waals surface area contributed by atoms with Crippen LogP contribution in [-0.4, -0.2) is 35.7 Å². The Kier molecular flexibility index (Phi) is 9.89. The van der Waals surface area contributed by atoms with Gasteiger partial charge in [0.25, 0.3) is 0 Å². The first kappa shape index (κ1) is 23.6. The van der Waals surface area contributed by atoms with E-state index in [-0.39, 0.29) is 18.5 Å². The number of unbranched alkanes of at least 4 members (excludes halogenated alkanes) is 1. The quantitative estimate of drug-likeness (QED) is 0.213. The molecule has 1 aromatic rings. The van der Waals surface area contributed by atoms with Crippen LogP contribution in [0.1, 0.15) is 63.9 Å². The van der Waals surface area contributed by atoms with Gasteiger partial charge in [-0.05, 0) is 37.7 Å². The van der Waals surface area contributed by atoms with Crippen molar-refractivity contribution in [2.24, 2.45) is 5.92 Å². The molecule has 1 aliphatic rings. The average Bonchev–Trinajstić information content (AvgIpc) is 2.71. The van der Waals surface area contributed by atoms with Gasteiger partial charge in [-0.2, -0.15) is 0 Å². The summed E-state index contributed by atoms with van der Waals surface area (Å²) >= 11 is 0. The van der Waals surface area contributed by atoms with Gasteiger partial charge < -0.3 is 9.84 Å². The first-order valence-corrected chi connectivity index (χ1v) is 12.6. The molecule has 29 heavy (non-hydrogen) atoms. The van der Waals surface area contributed by atoms with Crippen molar-refractivity contribution in [1.29, 1.82) is 0 Å². The zero-order valence-corrected chi connectivity index (χ0v) is 18.1. The largest absolute Gasteiger partial charge is 0.481 e. The van der Waals surface area contributed by atoms with Crippen LogP contribution < -0.4 is 0 Å². The third-order valence-corrected chi connectivity index (χ3v) is 7.64. The molecule has 0 radical (unpaired) electrons. The minimum atomic E-state index is -3.46. The number of carbonyl (C=O) groups excluding carboxylic acids is 1. The second-order valence-corrected chi connectivity index (χ2v) is 10.4. The van der Waals surface area contributed by atoms with Gasteiger partial charge in [0.05, 0.1) is 0 Å². The van der Waals surface area contributed by atoms with Gasteiger partial charge in [0.2, 0.25) is 13.7 Å². The van der Waals surface area contributed by atoms with Gasteiger partial charge in [-0.25, -0.2) is 0 Å². The summed E-state index contributed by atoms with van der Waals surface area (Å²) in [6.45, 7) is 1.70. The van der Waals surface area contributed by atoms with E-state index >= 15 is 0 Å². The van der Waals surface area contributed by atoms with E-state index in [0.29, 0.717) is 6.42 Å². The van der Waals surface area contributed by atoms with Gasteiger partial charge in [-0.3, -0.25) is 18.7 Å². The molecule has 0 bridgehead atoms. The highest BCUT2D eigenvalue weighted by molar-refractivity contribution is 7.59. The molecule has 0 spiro atoms. The number of carboxylic acid groups (broad SMARTS) is 1. The van der Waals surface area contributed by atoms with Crippen molar-refractivity contribution in [3.05, 3.63) is 35.9 Å². The summed E-state index contributed by atoms with van der Waals surface area (Å²) in [5, 5.41) is 9.27. The molecule has 0 heterocycles. The average molecular weight is 424 g/mol. The summed E-state index contributed by atoms with van der Waals surface area (Å²) in [6.07, 6.45) is 5.97. The molecule has 2 unspecified atom stereocenters. The minimum absolute atomic E-state index is 0.0225. The predicted molar refractivity (Wildman–Crippen MR) is 112 cm³/mol. The van der Waals surface area contributed by atoms with Crippen LogP contribution >= 0.6 is 7.37 Å². The van der Waals surface area contributed by atoms with E-state index < -0.39 is 31.8 Å². The second kappa shape index (κ2) is 12.1. The molecular weight excluding hydrogens is 391 g/mol. The molecular formula is C22H33O6P. The fourth-order valence-electron chi connectivity index (χ4n) is 3.71. The maximum Gasteiger partial charge on any atom is 0.313 e. The highest BCUT2D eigenvalue weighted by atomic mass is 31.2. The lowest BCUT2D eigenvalue weighted by molar-refractivity contribution is -0.172. The van der Waals surface area contributed by atoms with Crippen LogP contribution in [0.3, 0.4) is 0 Å². The molecule has 1 fully saturated rings. The Labute approximate surface area is 173 Å². The van der Waals surface area contributed by atoms with Crippen molar-refractivity contribution in [3.8, 4) is 0 Å². The summed E-state index contributed by atoms with van der Waals surface area (Å²) in [5.74, 6) is -1.59. The van der Waals surface area contributed by atoms with Crippen molar-refractivity contribution in [2.45, 2.75) is 71.0 Å². The minimum Gasteiger partial charge on any atom is -0.481 e. The zero-order chi connectivity index (χ0) is 21.1. The Morgan fingerprint density at radius 3 is 2.45 bits per heavy atom. The van der Waals surface area contributed by atoms with E-state index in [1.807, 2.05) is 30.3 Å². The number of hydrogen-bond donors (Lipinski definition) is 1. The van der Waals surface area contributed by atoms with Crippen molar-refractivity contribution < 1.29 is 28.5 Å². The molecule has 7 heteroatoms. The van der Waals surface area contributed by atoms with Gasteiger partial charge >= 0.3 is 11.9 Å². The molecule has 0 aromatic heterocycles. The number of carboxylic acids is 1. The Morgan fingerprint density at radius 1 is 1.14 bits per heavy atom. The summed E-state index contributed by atoms with van der Waals surface area (Å²) in [4.78, 5) is 23.2. The lowest BCUT2D eigenvalue weighted by Gasteiger charge is -2.32. The van der Waals surface area contributed by atoms with Gasteiger partial charge in [0.1, 0.15) is 6.16 Å². The number of ether oxygens (including phenoxy) is 1. The van der Waals surface area contributed by atoms with Crippen LogP contribution in [0, 0.1) is 5.92 Å². The van der Waals surface area contributed by atoms with Gasteiger partial charge in [-0.1, -0.05) is 56.5 Å². The van der Waals surface area contributed by atoms with Crippen LogP contribution in [0.2, 0.25) is 0 Å². The Bertz CT molecular complexity index is 684. The summed E-state index contributed by atoms with van der Waals surface area (Å²) in [7, 11) is -3.46. The normalized spacial score (nSPS) is 18.0. The standard InChI is InChI=1S/C22H33O6P/c1-2-21(25)27-22(19-14-7-4-8-15-19)28-29(26,17-20(23)24)16-10-9-13-18-11-5-3-6-12-18/h3,5-6,11-12,19,22H,2,4,7-10,13-17H2,1H3,(H,23,24). The molecule has 2 atom stereocenters. The fourth-order valence-corrected chi connectivity index (χ4v) is 5.76. The SMILES string of the molecule is CCC(=O)OC(OP(=O)(CCCCc1ccccc1)CC(=O)O)C1CCCCC1. The summed E-state index contributed by atoms with van der Waals surface area (Å²) < 4.78 is 24.7. The van der Waals surface area contributed by atoms with Crippen LogP contribution in [0.4, 0.5) is 0 Å². The number of esters is 1. The molecule has 1 aliphatic carbocycles. The van der Waals surface area contributed by atoms with Crippen LogP contribution in [0.5, 0.6) is 0 Å². The molecule has 1 saturated carbocycles. The summed E-state index contributed by atoms with van der Waals surface area (Å²) in [6, 6.07) is 9.99. The molecule has 0 saturated heterocycles. The van der Waals surface area contributed by atoms with Gasteiger partial charge in [0, 0.05) is 18.5 Å². The second-order valence-electron chi connectivity index (χ2n) is 7.75. The van der Waals surface area contributed by atoms with Gasteiger partial charge in [0.15, 0.2) is 0 Å². The highest BCUT2D eigenvalue weighted by Gasteiger charge is 2.36.